The number of pyridine rings is 1. The number of anilines is 2. The van der Waals surface area contributed by atoms with E-state index in [4.69, 9.17) is 22.1 Å². The molecule has 0 aliphatic carbocycles. The van der Waals surface area contributed by atoms with Crippen LogP contribution in [0.4, 0.5) is 11.8 Å². The summed E-state index contributed by atoms with van der Waals surface area (Å²) in [6.45, 7) is 3.21. The first kappa shape index (κ1) is 14.2. The first-order valence-corrected chi connectivity index (χ1v) is 7.69. The van der Waals surface area contributed by atoms with E-state index in [0.717, 1.165) is 48.8 Å². The fraction of sp³-hybridized carbons (Fsp3) is 0.267. The third-order valence-corrected chi connectivity index (χ3v) is 4.14. The Balaban J connectivity index is 1.66. The summed E-state index contributed by atoms with van der Waals surface area (Å²) in [5, 5.41) is 1.08. The molecule has 118 valence electrons. The van der Waals surface area contributed by atoms with Crippen LogP contribution in [0.2, 0.25) is 5.15 Å². The van der Waals surface area contributed by atoms with Gasteiger partial charge >= 0.3 is 0 Å². The molecule has 1 fully saturated rings. The second-order valence-corrected chi connectivity index (χ2v) is 5.68. The predicted octanol–water partition coefficient (Wildman–Crippen LogP) is 2.09. The highest BCUT2D eigenvalue weighted by Gasteiger charge is 2.13. The molecule has 0 spiro atoms. The number of aromatic amines is 1. The SMILES string of the molecule is Nc1nc(Cl)c2cc(-c3ccc(N4CCOCC4)nc3)[nH]c2n1. The summed E-state index contributed by atoms with van der Waals surface area (Å²) in [6, 6.07) is 5.93. The van der Waals surface area contributed by atoms with Crippen molar-refractivity contribution >= 4 is 34.4 Å². The number of H-pyrrole nitrogens is 1. The summed E-state index contributed by atoms with van der Waals surface area (Å²) in [6.07, 6.45) is 1.83. The molecule has 3 aromatic heterocycles. The largest absolute Gasteiger partial charge is 0.378 e. The van der Waals surface area contributed by atoms with Crippen LogP contribution in [0.15, 0.2) is 24.4 Å². The van der Waals surface area contributed by atoms with Crippen molar-refractivity contribution in [3.8, 4) is 11.3 Å². The van der Waals surface area contributed by atoms with Crippen LogP contribution in [0.25, 0.3) is 22.3 Å². The number of nitrogens with two attached hydrogens (primary N) is 1. The predicted molar refractivity (Wildman–Crippen MR) is 89.6 cm³/mol. The molecule has 1 aliphatic rings. The van der Waals surface area contributed by atoms with E-state index in [1.807, 2.05) is 24.4 Å². The minimum absolute atomic E-state index is 0.150. The van der Waals surface area contributed by atoms with E-state index in [-0.39, 0.29) is 5.95 Å². The summed E-state index contributed by atoms with van der Waals surface area (Å²) < 4.78 is 5.36. The van der Waals surface area contributed by atoms with Crippen molar-refractivity contribution in [3.05, 3.63) is 29.5 Å². The zero-order valence-electron chi connectivity index (χ0n) is 12.3. The minimum Gasteiger partial charge on any atom is -0.378 e. The monoisotopic (exact) mass is 330 g/mol. The molecule has 23 heavy (non-hydrogen) atoms. The molecule has 0 atom stereocenters. The van der Waals surface area contributed by atoms with Gasteiger partial charge in [0.15, 0.2) is 0 Å². The van der Waals surface area contributed by atoms with Crippen LogP contribution >= 0.6 is 11.6 Å². The van der Waals surface area contributed by atoms with E-state index in [1.54, 1.807) is 0 Å². The molecule has 3 aromatic rings. The maximum atomic E-state index is 6.10. The molecule has 7 nitrogen and oxygen atoms in total. The number of halogens is 1. The lowest BCUT2D eigenvalue weighted by atomic mass is 10.2. The van der Waals surface area contributed by atoms with Gasteiger partial charge in [-0.05, 0) is 18.2 Å². The highest BCUT2D eigenvalue weighted by molar-refractivity contribution is 6.34. The third-order valence-electron chi connectivity index (χ3n) is 3.85. The quantitative estimate of drug-likeness (QED) is 0.699. The van der Waals surface area contributed by atoms with Crippen LogP contribution in [0.3, 0.4) is 0 Å². The van der Waals surface area contributed by atoms with Gasteiger partial charge < -0.3 is 20.4 Å². The van der Waals surface area contributed by atoms with Crippen LogP contribution in [0.1, 0.15) is 0 Å². The van der Waals surface area contributed by atoms with E-state index in [1.165, 1.54) is 0 Å². The number of ether oxygens (including phenoxy) is 1. The van der Waals surface area contributed by atoms with E-state index in [0.29, 0.717) is 10.8 Å². The second-order valence-electron chi connectivity index (χ2n) is 5.32. The van der Waals surface area contributed by atoms with E-state index >= 15 is 0 Å². The van der Waals surface area contributed by atoms with Gasteiger partial charge in [-0.1, -0.05) is 11.6 Å². The van der Waals surface area contributed by atoms with Crippen LogP contribution < -0.4 is 10.6 Å². The number of aromatic nitrogens is 4. The summed E-state index contributed by atoms with van der Waals surface area (Å²) in [5.74, 6) is 1.10. The fourth-order valence-electron chi connectivity index (χ4n) is 2.67. The summed E-state index contributed by atoms with van der Waals surface area (Å²) >= 11 is 6.10. The summed E-state index contributed by atoms with van der Waals surface area (Å²) in [5.41, 5.74) is 8.07. The average Bonchev–Trinajstić information content (AvgIpc) is 3.00. The molecular formula is C15H15ClN6O. The van der Waals surface area contributed by atoms with Crippen LogP contribution in [0.5, 0.6) is 0 Å². The number of hydrogen-bond acceptors (Lipinski definition) is 6. The van der Waals surface area contributed by atoms with Gasteiger partial charge in [0.1, 0.15) is 16.6 Å². The Hall–Kier alpha value is -2.38. The fourth-order valence-corrected chi connectivity index (χ4v) is 2.90. The maximum Gasteiger partial charge on any atom is 0.223 e. The molecule has 0 saturated carbocycles. The molecule has 4 rings (SSSR count). The van der Waals surface area contributed by atoms with Gasteiger partial charge in [-0.15, -0.1) is 0 Å². The number of nitrogen functional groups attached to an aromatic ring is 1. The number of hydrogen-bond donors (Lipinski definition) is 2. The van der Waals surface area contributed by atoms with Crippen molar-refractivity contribution in [2.75, 3.05) is 36.9 Å². The van der Waals surface area contributed by atoms with E-state index in [2.05, 4.69) is 24.8 Å². The van der Waals surface area contributed by atoms with Gasteiger partial charge in [-0.2, -0.15) is 4.98 Å². The van der Waals surface area contributed by atoms with E-state index < -0.39 is 0 Å². The Morgan fingerprint density at radius 1 is 1.22 bits per heavy atom. The van der Waals surface area contributed by atoms with Gasteiger partial charge in [0, 0.05) is 30.5 Å². The van der Waals surface area contributed by atoms with Crippen molar-refractivity contribution in [1.29, 1.82) is 0 Å². The molecule has 3 N–H and O–H groups in total. The lowest BCUT2D eigenvalue weighted by molar-refractivity contribution is 0.122. The standard InChI is InChI=1S/C15H15ClN6O/c16-13-10-7-11(19-14(10)21-15(17)20-13)9-1-2-12(18-8-9)22-3-5-23-6-4-22/h1-2,7-8H,3-6H2,(H3,17,19,20,21). The Morgan fingerprint density at radius 2 is 2.04 bits per heavy atom. The number of nitrogens with zero attached hydrogens (tertiary/aromatic N) is 4. The maximum absolute atomic E-state index is 6.10. The lowest BCUT2D eigenvalue weighted by Gasteiger charge is -2.27. The average molecular weight is 331 g/mol. The molecule has 0 unspecified atom stereocenters. The minimum atomic E-state index is 0.150. The van der Waals surface area contributed by atoms with Crippen molar-refractivity contribution in [2.45, 2.75) is 0 Å². The molecule has 0 amide bonds. The van der Waals surface area contributed by atoms with Gasteiger partial charge in [0.2, 0.25) is 5.95 Å². The van der Waals surface area contributed by atoms with Crippen LogP contribution in [0, 0.1) is 0 Å². The number of rotatable bonds is 2. The first-order chi connectivity index (χ1) is 11.2. The molecule has 4 heterocycles. The first-order valence-electron chi connectivity index (χ1n) is 7.31. The Bertz CT molecular complexity index is 841. The molecule has 0 aromatic carbocycles. The molecule has 0 radical (unpaired) electrons. The topological polar surface area (TPSA) is 93.0 Å². The number of nitrogens with one attached hydrogen (secondary N) is 1. The van der Waals surface area contributed by atoms with Crippen molar-refractivity contribution in [1.82, 2.24) is 19.9 Å². The van der Waals surface area contributed by atoms with Crippen molar-refractivity contribution < 1.29 is 4.74 Å². The molecule has 8 heteroatoms. The molecular weight excluding hydrogens is 316 g/mol. The number of morpholine rings is 1. The zero-order chi connectivity index (χ0) is 15.8. The Kier molecular flexibility index (Phi) is 3.51. The third kappa shape index (κ3) is 2.69. The van der Waals surface area contributed by atoms with Gasteiger partial charge in [0.25, 0.3) is 0 Å². The summed E-state index contributed by atoms with van der Waals surface area (Å²) in [7, 11) is 0. The smallest absolute Gasteiger partial charge is 0.223 e. The Morgan fingerprint density at radius 3 is 2.78 bits per heavy atom. The van der Waals surface area contributed by atoms with Gasteiger partial charge in [-0.3, -0.25) is 0 Å². The normalized spacial score (nSPS) is 15.3. The highest BCUT2D eigenvalue weighted by atomic mass is 35.5. The van der Waals surface area contributed by atoms with E-state index in [9.17, 15) is 0 Å². The van der Waals surface area contributed by atoms with Gasteiger partial charge in [0.05, 0.1) is 18.6 Å². The van der Waals surface area contributed by atoms with Gasteiger partial charge in [-0.25, -0.2) is 9.97 Å². The number of fused-ring (bicyclic) bond motifs is 1. The van der Waals surface area contributed by atoms with Crippen molar-refractivity contribution in [3.63, 3.8) is 0 Å². The molecule has 1 aliphatic heterocycles. The molecule has 1 saturated heterocycles. The highest BCUT2D eigenvalue weighted by Crippen LogP contribution is 2.28. The Labute approximate surface area is 137 Å². The zero-order valence-corrected chi connectivity index (χ0v) is 13.0. The molecule has 0 bridgehead atoms. The lowest BCUT2D eigenvalue weighted by Crippen LogP contribution is -2.36. The van der Waals surface area contributed by atoms with Crippen LogP contribution in [-0.4, -0.2) is 46.2 Å². The van der Waals surface area contributed by atoms with Crippen LogP contribution in [-0.2, 0) is 4.74 Å². The van der Waals surface area contributed by atoms with Crippen molar-refractivity contribution in [2.24, 2.45) is 0 Å². The second kappa shape index (κ2) is 5.68. The summed E-state index contributed by atoms with van der Waals surface area (Å²) in [4.78, 5) is 18.1.